The summed E-state index contributed by atoms with van der Waals surface area (Å²) in [6, 6.07) is 15.4. The van der Waals surface area contributed by atoms with E-state index in [4.69, 9.17) is 23.3 Å². The normalized spacial score (nSPS) is 12.8. The van der Waals surface area contributed by atoms with Crippen LogP contribution in [-0.4, -0.2) is 54.8 Å². The van der Waals surface area contributed by atoms with Crippen molar-refractivity contribution in [3.8, 4) is 0 Å². The predicted molar refractivity (Wildman–Crippen MR) is 161 cm³/mol. The molecule has 44 heavy (non-hydrogen) atoms. The van der Waals surface area contributed by atoms with Crippen LogP contribution in [0.3, 0.4) is 0 Å². The number of amides is 2. The Kier molecular flexibility index (Phi) is 16.0. The average molecular weight is 634 g/mol. The van der Waals surface area contributed by atoms with Gasteiger partial charge in [-0.15, -0.1) is 9.05 Å². The molecule has 2 rings (SSSR count). The molecule has 3 atom stereocenters. The summed E-state index contributed by atoms with van der Waals surface area (Å²) in [6.07, 6.45) is 0.192. The number of esters is 2. The number of hydrogen-bond donors (Lipinski definition) is 2. The molecule has 2 amide bonds. The lowest BCUT2D eigenvalue weighted by Crippen LogP contribution is -2.47. The van der Waals surface area contributed by atoms with Gasteiger partial charge in [-0.3, -0.25) is 4.79 Å². The monoisotopic (exact) mass is 633 g/mol. The summed E-state index contributed by atoms with van der Waals surface area (Å²) in [5.41, 5.74) is 0.642. The summed E-state index contributed by atoms with van der Waals surface area (Å²) in [5, 5.41) is 4.96. The number of carbonyl (C=O) groups is 4. The Morgan fingerprint density at radius 3 is 1.86 bits per heavy atom. The highest BCUT2D eigenvalue weighted by atomic mass is 31.1. The fourth-order valence-corrected chi connectivity index (χ4v) is 4.15. The summed E-state index contributed by atoms with van der Waals surface area (Å²) in [5.74, 6) is -2.23. The van der Waals surface area contributed by atoms with E-state index in [-0.39, 0.29) is 32.7 Å². The number of nitrogens with one attached hydrogen (secondary N) is 2. The van der Waals surface area contributed by atoms with Gasteiger partial charge in [0.2, 0.25) is 5.91 Å². The molecule has 0 fully saturated rings. The molecule has 0 heterocycles. The van der Waals surface area contributed by atoms with Crippen LogP contribution in [0.4, 0.5) is 4.79 Å². The van der Waals surface area contributed by atoms with E-state index < -0.39 is 56.5 Å². The average Bonchev–Trinajstić information content (AvgIpc) is 2.99. The van der Waals surface area contributed by atoms with E-state index >= 15 is 0 Å². The highest BCUT2D eigenvalue weighted by molar-refractivity contribution is 7.33. The van der Waals surface area contributed by atoms with Crippen molar-refractivity contribution in [3.63, 3.8) is 0 Å². The molecule has 0 radical (unpaired) electrons. The van der Waals surface area contributed by atoms with E-state index in [1.807, 2.05) is 19.1 Å². The third-order valence-electron chi connectivity index (χ3n) is 5.74. The van der Waals surface area contributed by atoms with Gasteiger partial charge in [-0.05, 0) is 44.7 Å². The molecule has 0 aromatic heterocycles. The molecular weight excluding hydrogens is 591 g/mol. The quantitative estimate of drug-likeness (QED) is 0.0978. The fraction of sp³-hybridized carbons (Fsp3) is 0.484. The van der Waals surface area contributed by atoms with Gasteiger partial charge in [0, 0.05) is 11.0 Å². The standard InChI is InChI=1S/C31H41N2O10P/c1-5-6-19-41-44(38)42-22-26(29(36)40-21-24-15-11-8-12-16-24)32-27(34)18-17-25(33-30(37)43-31(2,3)4)28(35)39-20-23-13-9-7-10-14-23/h7-16,25-26H,5-6,17-22H2,1-4H3,(H-,32,33,34,37)/p+1/t25-,26-/m0/s1. The van der Waals surface area contributed by atoms with Gasteiger partial charge in [-0.2, -0.15) is 0 Å². The molecule has 13 heteroatoms. The second kappa shape index (κ2) is 19.4. The first-order valence-electron chi connectivity index (χ1n) is 14.4. The van der Waals surface area contributed by atoms with Crippen LogP contribution >= 0.6 is 8.25 Å². The van der Waals surface area contributed by atoms with Gasteiger partial charge >= 0.3 is 26.3 Å². The van der Waals surface area contributed by atoms with E-state index in [1.54, 1.807) is 69.3 Å². The Morgan fingerprint density at radius 2 is 1.34 bits per heavy atom. The molecule has 0 spiro atoms. The van der Waals surface area contributed by atoms with Crippen LogP contribution in [0.15, 0.2) is 60.7 Å². The van der Waals surface area contributed by atoms with Crippen molar-refractivity contribution >= 4 is 32.2 Å². The summed E-state index contributed by atoms with van der Waals surface area (Å²) >= 11 is 0. The predicted octanol–water partition coefficient (Wildman–Crippen LogP) is 5.12. The van der Waals surface area contributed by atoms with Crippen LogP contribution in [0.5, 0.6) is 0 Å². The zero-order chi connectivity index (χ0) is 32.4. The minimum absolute atomic E-state index is 0.0382. The molecule has 0 aliphatic heterocycles. The Balaban J connectivity index is 2.04. The largest absolute Gasteiger partial charge is 0.697 e. The van der Waals surface area contributed by atoms with Crippen molar-refractivity contribution in [1.29, 1.82) is 0 Å². The van der Waals surface area contributed by atoms with Crippen molar-refractivity contribution in [2.75, 3.05) is 13.2 Å². The Labute approximate surface area is 259 Å². The van der Waals surface area contributed by atoms with Crippen molar-refractivity contribution in [2.24, 2.45) is 0 Å². The lowest BCUT2D eigenvalue weighted by molar-refractivity contribution is -0.150. The van der Waals surface area contributed by atoms with Crippen molar-refractivity contribution in [3.05, 3.63) is 71.8 Å². The lowest BCUT2D eigenvalue weighted by Gasteiger charge is -2.23. The smallest absolute Gasteiger partial charge is 0.459 e. The SMILES string of the molecule is CCCCO[P+](=O)OC[C@H](NC(=O)CC[C@H](NC(=O)OC(C)(C)C)C(=O)OCc1ccccc1)C(=O)OCc1ccccc1. The molecule has 1 unspecified atom stereocenters. The maximum Gasteiger partial charge on any atom is 0.697 e. The van der Waals surface area contributed by atoms with E-state index in [9.17, 15) is 23.7 Å². The second-order valence-electron chi connectivity index (χ2n) is 10.8. The topological polar surface area (TPSA) is 156 Å². The molecule has 2 aromatic carbocycles. The number of unbranched alkanes of at least 4 members (excludes halogenated alkanes) is 1. The number of alkyl carbamates (subject to hydrolysis) is 1. The molecule has 2 aromatic rings. The molecule has 0 aliphatic rings. The summed E-state index contributed by atoms with van der Waals surface area (Å²) < 4.78 is 38.4. The zero-order valence-corrected chi connectivity index (χ0v) is 26.5. The van der Waals surface area contributed by atoms with Crippen LogP contribution in [0.1, 0.15) is 64.5 Å². The number of rotatable bonds is 18. The summed E-state index contributed by atoms with van der Waals surface area (Å²) in [7, 11) is -2.53. The minimum atomic E-state index is -2.53. The molecule has 2 N–H and O–H groups in total. The van der Waals surface area contributed by atoms with Gasteiger partial charge in [-0.25, -0.2) is 14.4 Å². The maximum absolute atomic E-state index is 12.9. The second-order valence-corrected chi connectivity index (χ2v) is 11.7. The number of hydrogen-bond acceptors (Lipinski definition) is 10. The van der Waals surface area contributed by atoms with Crippen LogP contribution < -0.4 is 10.6 Å². The lowest BCUT2D eigenvalue weighted by atomic mass is 10.1. The fourth-order valence-electron chi connectivity index (χ4n) is 3.52. The van der Waals surface area contributed by atoms with Crippen LogP contribution in [-0.2, 0) is 55.4 Å². The molecule has 0 aliphatic carbocycles. The Bertz CT molecular complexity index is 1200. The zero-order valence-electron chi connectivity index (χ0n) is 25.6. The molecule has 0 saturated heterocycles. The van der Waals surface area contributed by atoms with E-state index in [0.717, 1.165) is 17.5 Å². The maximum atomic E-state index is 12.9. The Morgan fingerprint density at radius 1 is 0.795 bits per heavy atom. The third kappa shape index (κ3) is 15.6. The number of ether oxygens (including phenoxy) is 3. The van der Waals surface area contributed by atoms with E-state index in [1.165, 1.54) is 0 Å². The van der Waals surface area contributed by atoms with Gasteiger partial charge in [0.15, 0.2) is 6.04 Å². The molecule has 0 bridgehead atoms. The molecule has 240 valence electrons. The first-order chi connectivity index (χ1) is 21.0. The van der Waals surface area contributed by atoms with Crippen LogP contribution in [0.25, 0.3) is 0 Å². The third-order valence-corrected chi connectivity index (χ3v) is 6.50. The minimum Gasteiger partial charge on any atom is -0.459 e. The van der Waals surface area contributed by atoms with Crippen LogP contribution in [0, 0.1) is 0 Å². The molecular formula is C31H42N2O10P+. The van der Waals surface area contributed by atoms with Crippen molar-refractivity contribution < 1.29 is 47.0 Å². The Hall–Kier alpha value is -3.86. The van der Waals surface area contributed by atoms with Crippen molar-refractivity contribution in [2.45, 2.75) is 84.3 Å². The van der Waals surface area contributed by atoms with Gasteiger partial charge in [-0.1, -0.05) is 74.0 Å². The summed E-state index contributed by atoms with van der Waals surface area (Å²) in [4.78, 5) is 51.1. The highest BCUT2D eigenvalue weighted by Crippen LogP contribution is 2.24. The van der Waals surface area contributed by atoms with E-state index in [0.29, 0.717) is 6.42 Å². The first kappa shape index (κ1) is 36.3. The van der Waals surface area contributed by atoms with E-state index in [2.05, 4.69) is 10.6 Å². The number of carbonyl (C=O) groups excluding carboxylic acids is 4. The van der Waals surface area contributed by atoms with Gasteiger partial charge < -0.3 is 24.8 Å². The molecule has 12 nitrogen and oxygen atoms in total. The van der Waals surface area contributed by atoms with Gasteiger partial charge in [0.05, 0.1) is 0 Å². The number of benzene rings is 2. The van der Waals surface area contributed by atoms with Gasteiger partial charge in [0.1, 0.15) is 38.1 Å². The first-order valence-corrected chi connectivity index (χ1v) is 15.5. The van der Waals surface area contributed by atoms with Crippen molar-refractivity contribution in [1.82, 2.24) is 10.6 Å². The summed E-state index contributed by atoms with van der Waals surface area (Å²) in [6.45, 7) is 6.61. The van der Waals surface area contributed by atoms with Crippen LogP contribution in [0.2, 0.25) is 0 Å². The van der Waals surface area contributed by atoms with Gasteiger partial charge in [0.25, 0.3) is 0 Å². The molecule has 0 saturated carbocycles. The highest BCUT2D eigenvalue weighted by Gasteiger charge is 2.31.